The minimum absolute atomic E-state index is 0.241. The van der Waals surface area contributed by atoms with E-state index < -0.39 is 46.4 Å². The standard InChI is InChI=1S/C17H18F6N4O2/c1-14(2)12(29)27(4)13(24)26-15(14,3)9-7-8(5-6-10(9)18)25-11(28)16(19,20)17(21,22)23/h5-7H,1-4H3,(H2,24,26)(H,25,28)/t15-/m1/s1. The van der Waals surface area contributed by atoms with Gasteiger partial charge in [0.2, 0.25) is 5.91 Å². The van der Waals surface area contributed by atoms with Gasteiger partial charge in [-0.05, 0) is 39.0 Å². The third-order valence-corrected chi connectivity index (χ3v) is 5.13. The maximum absolute atomic E-state index is 14.6. The van der Waals surface area contributed by atoms with Gasteiger partial charge in [-0.25, -0.2) is 9.38 Å². The number of carbonyl (C=O) groups is 2. The minimum atomic E-state index is -6.10. The molecule has 1 aliphatic heterocycles. The van der Waals surface area contributed by atoms with Crippen LogP contribution < -0.4 is 11.1 Å². The third-order valence-electron chi connectivity index (χ3n) is 5.13. The molecule has 12 heteroatoms. The SMILES string of the molecule is CN1C(=O)C(C)(C)[C@@](C)(c2cc(NC(=O)C(F)(F)C(F)(F)F)ccc2F)N=C1N. The molecular weight excluding hydrogens is 406 g/mol. The van der Waals surface area contributed by atoms with Gasteiger partial charge in [-0.1, -0.05) is 0 Å². The Morgan fingerprint density at radius 1 is 1.17 bits per heavy atom. The fourth-order valence-corrected chi connectivity index (χ4v) is 2.89. The molecule has 1 aliphatic rings. The van der Waals surface area contributed by atoms with Crippen molar-refractivity contribution in [1.29, 1.82) is 0 Å². The van der Waals surface area contributed by atoms with Crippen LogP contribution in [-0.4, -0.2) is 41.8 Å². The summed E-state index contributed by atoms with van der Waals surface area (Å²) in [5.41, 5.74) is 1.85. The lowest BCUT2D eigenvalue weighted by molar-refractivity contribution is -0.267. The lowest BCUT2D eigenvalue weighted by Gasteiger charge is -2.46. The van der Waals surface area contributed by atoms with Gasteiger partial charge in [-0.3, -0.25) is 14.5 Å². The zero-order chi connectivity index (χ0) is 22.6. The van der Waals surface area contributed by atoms with Crippen LogP contribution in [0.3, 0.4) is 0 Å². The van der Waals surface area contributed by atoms with Gasteiger partial charge in [0.05, 0.1) is 5.41 Å². The van der Waals surface area contributed by atoms with Crippen molar-refractivity contribution in [3.8, 4) is 0 Å². The van der Waals surface area contributed by atoms with Crippen LogP contribution in [0.5, 0.6) is 0 Å². The molecule has 0 saturated heterocycles. The highest BCUT2D eigenvalue weighted by molar-refractivity contribution is 6.02. The van der Waals surface area contributed by atoms with Crippen LogP contribution in [0.1, 0.15) is 26.3 Å². The van der Waals surface area contributed by atoms with Gasteiger partial charge in [0, 0.05) is 18.3 Å². The summed E-state index contributed by atoms with van der Waals surface area (Å²) >= 11 is 0. The van der Waals surface area contributed by atoms with E-state index in [2.05, 4.69) is 4.99 Å². The lowest BCUT2D eigenvalue weighted by atomic mass is 9.67. The molecule has 0 spiro atoms. The quantitative estimate of drug-likeness (QED) is 0.732. The number of nitrogens with two attached hydrogens (primary N) is 1. The molecule has 1 heterocycles. The predicted molar refractivity (Wildman–Crippen MR) is 91.6 cm³/mol. The molecule has 2 amide bonds. The molecule has 0 aliphatic carbocycles. The number of guanidine groups is 1. The number of nitrogens with one attached hydrogen (secondary N) is 1. The molecule has 0 unspecified atom stereocenters. The molecule has 6 nitrogen and oxygen atoms in total. The maximum atomic E-state index is 14.6. The highest BCUT2D eigenvalue weighted by atomic mass is 19.4. The molecule has 0 bridgehead atoms. The van der Waals surface area contributed by atoms with Gasteiger partial charge in [0.15, 0.2) is 5.96 Å². The smallest absolute Gasteiger partial charge is 0.369 e. The Morgan fingerprint density at radius 2 is 1.72 bits per heavy atom. The van der Waals surface area contributed by atoms with Gasteiger partial charge in [0.1, 0.15) is 11.4 Å². The Morgan fingerprint density at radius 3 is 2.24 bits per heavy atom. The first-order valence-electron chi connectivity index (χ1n) is 8.16. The minimum Gasteiger partial charge on any atom is -0.369 e. The average molecular weight is 424 g/mol. The van der Waals surface area contributed by atoms with Crippen LogP contribution >= 0.6 is 0 Å². The Hall–Kier alpha value is -2.79. The Kier molecular flexibility index (Phi) is 5.14. The van der Waals surface area contributed by atoms with Crippen LogP contribution in [0.4, 0.5) is 32.0 Å². The number of aliphatic imine (C=N–C) groups is 1. The Labute approximate surface area is 161 Å². The second-order valence-corrected chi connectivity index (χ2v) is 7.25. The van der Waals surface area contributed by atoms with Gasteiger partial charge in [-0.2, -0.15) is 22.0 Å². The van der Waals surface area contributed by atoms with Crippen LogP contribution in [0.25, 0.3) is 0 Å². The normalized spacial score (nSPS) is 22.3. The summed E-state index contributed by atoms with van der Waals surface area (Å²) in [4.78, 5) is 29.2. The largest absolute Gasteiger partial charge is 0.463 e. The van der Waals surface area contributed by atoms with E-state index in [1.165, 1.54) is 33.1 Å². The van der Waals surface area contributed by atoms with Crippen molar-refractivity contribution in [2.45, 2.75) is 38.4 Å². The molecule has 160 valence electrons. The van der Waals surface area contributed by atoms with Gasteiger partial charge < -0.3 is 11.1 Å². The van der Waals surface area contributed by atoms with Crippen LogP contribution in [0.2, 0.25) is 0 Å². The zero-order valence-electron chi connectivity index (χ0n) is 15.8. The molecule has 0 saturated carbocycles. The first-order valence-corrected chi connectivity index (χ1v) is 8.16. The van der Waals surface area contributed by atoms with E-state index in [9.17, 15) is 35.9 Å². The van der Waals surface area contributed by atoms with Crippen molar-refractivity contribution in [3.63, 3.8) is 0 Å². The number of halogens is 6. The molecule has 3 N–H and O–H groups in total. The molecule has 0 radical (unpaired) electrons. The van der Waals surface area contributed by atoms with E-state index in [0.717, 1.165) is 23.1 Å². The van der Waals surface area contributed by atoms with E-state index in [0.29, 0.717) is 0 Å². The van der Waals surface area contributed by atoms with Crippen molar-refractivity contribution in [1.82, 2.24) is 4.90 Å². The number of amides is 2. The summed E-state index contributed by atoms with van der Waals surface area (Å²) in [7, 11) is 1.36. The summed E-state index contributed by atoms with van der Waals surface area (Å²) in [5.74, 6) is -9.97. The number of anilines is 1. The molecule has 2 rings (SSSR count). The number of hydrogen-bond acceptors (Lipinski definition) is 4. The number of benzene rings is 1. The molecule has 29 heavy (non-hydrogen) atoms. The first-order chi connectivity index (χ1) is 13.0. The summed E-state index contributed by atoms with van der Waals surface area (Å²) in [6, 6.07) is 2.41. The number of carbonyl (C=O) groups excluding carboxylic acids is 2. The second-order valence-electron chi connectivity index (χ2n) is 7.25. The zero-order valence-corrected chi connectivity index (χ0v) is 15.8. The fourth-order valence-electron chi connectivity index (χ4n) is 2.89. The Balaban J connectivity index is 2.54. The predicted octanol–water partition coefficient (Wildman–Crippen LogP) is 2.99. The highest BCUT2D eigenvalue weighted by Gasteiger charge is 2.63. The van der Waals surface area contributed by atoms with Gasteiger partial charge >= 0.3 is 18.0 Å². The summed E-state index contributed by atoms with van der Waals surface area (Å²) < 4.78 is 78.0. The van der Waals surface area contributed by atoms with E-state index in [1.54, 1.807) is 0 Å². The molecule has 1 aromatic carbocycles. The van der Waals surface area contributed by atoms with Gasteiger partial charge in [0.25, 0.3) is 0 Å². The van der Waals surface area contributed by atoms with E-state index in [-0.39, 0.29) is 11.5 Å². The molecule has 1 aromatic rings. The van der Waals surface area contributed by atoms with Crippen molar-refractivity contribution in [2.75, 3.05) is 12.4 Å². The van der Waals surface area contributed by atoms with E-state index in [1.807, 2.05) is 0 Å². The molecular formula is C17H18F6N4O2. The van der Waals surface area contributed by atoms with E-state index >= 15 is 0 Å². The Bertz CT molecular complexity index is 896. The molecule has 1 atom stereocenters. The monoisotopic (exact) mass is 424 g/mol. The summed E-state index contributed by atoms with van der Waals surface area (Å²) in [6.07, 6.45) is -6.10. The lowest BCUT2D eigenvalue weighted by Crippen LogP contribution is -2.58. The van der Waals surface area contributed by atoms with Crippen LogP contribution in [-0.2, 0) is 15.1 Å². The molecule has 0 aromatic heterocycles. The van der Waals surface area contributed by atoms with Crippen molar-refractivity contribution < 1.29 is 35.9 Å². The third kappa shape index (κ3) is 3.40. The molecule has 0 fully saturated rings. The van der Waals surface area contributed by atoms with Crippen LogP contribution in [0, 0.1) is 11.2 Å². The van der Waals surface area contributed by atoms with Gasteiger partial charge in [-0.15, -0.1) is 0 Å². The topological polar surface area (TPSA) is 87.8 Å². The highest BCUT2D eigenvalue weighted by Crippen LogP contribution is 2.47. The first kappa shape index (κ1) is 22.5. The number of hydrogen-bond donors (Lipinski definition) is 2. The fraction of sp³-hybridized carbons (Fsp3) is 0.471. The van der Waals surface area contributed by atoms with Crippen molar-refractivity contribution in [2.24, 2.45) is 16.1 Å². The van der Waals surface area contributed by atoms with E-state index in [4.69, 9.17) is 5.73 Å². The summed E-state index contributed by atoms with van der Waals surface area (Å²) in [5, 5.41) is 1.42. The second kappa shape index (κ2) is 6.63. The van der Waals surface area contributed by atoms with Crippen molar-refractivity contribution in [3.05, 3.63) is 29.6 Å². The van der Waals surface area contributed by atoms with Crippen LogP contribution in [0.15, 0.2) is 23.2 Å². The van der Waals surface area contributed by atoms with Crippen molar-refractivity contribution >= 4 is 23.5 Å². The number of nitrogens with zero attached hydrogens (tertiary/aromatic N) is 2. The number of rotatable bonds is 3. The number of alkyl halides is 5. The average Bonchev–Trinajstić information content (AvgIpc) is 2.59. The summed E-state index contributed by atoms with van der Waals surface area (Å²) in [6.45, 7) is 4.26. The maximum Gasteiger partial charge on any atom is 0.463 e.